The van der Waals surface area contributed by atoms with Crippen molar-refractivity contribution in [2.45, 2.75) is 13.8 Å². The summed E-state index contributed by atoms with van der Waals surface area (Å²) in [5.74, 6) is 0.350. The van der Waals surface area contributed by atoms with Crippen LogP contribution in [0.2, 0.25) is 5.15 Å². The maximum atomic E-state index is 5.91. The summed E-state index contributed by atoms with van der Waals surface area (Å²) in [5.41, 5.74) is 2.53. The smallest absolute Gasteiger partial charge is 0.342 e. The van der Waals surface area contributed by atoms with E-state index in [0.29, 0.717) is 11.0 Å². The van der Waals surface area contributed by atoms with Gasteiger partial charge in [-0.2, -0.15) is 4.98 Å². The molecule has 3 aromatic rings. The maximum Gasteiger partial charge on any atom is 0.342 e. The summed E-state index contributed by atoms with van der Waals surface area (Å²) in [6.45, 7) is 3.72. The number of para-hydroxylation sites is 1. The monoisotopic (exact) mass is 301 g/mol. The van der Waals surface area contributed by atoms with Crippen LogP contribution in [0, 0.1) is 13.8 Å². The van der Waals surface area contributed by atoms with Crippen LogP contribution in [0.3, 0.4) is 0 Å². The Morgan fingerprint density at radius 3 is 2.57 bits per heavy atom. The maximum absolute atomic E-state index is 5.91. The fraction of sp³-hybridized carbons (Fsp3) is 0.143. The van der Waals surface area contributed by atoms with Crippen molar-refractivity contribution >= 4 is 11.6 Å². The van der Waals surface area contributed by atoms with Crippen molar-refractivity contribution in [2.75, 3.05) is 0 Å². The van der Waals surface area contributed by atoms with Crippen LogP contribution >= 0.6 is 11.6 Å². The van der Waals surface area contributed by atoms with E-state index in [1.807, 2.05) is 44.2 Å². The highest BCUT2D eigenvalue weighted by molar-refractivity contribution is 6.30. The molecule has 0 atom stereocenters. The molecule has 0 fully saturated rings. The highest BCUT2D eigenvalue weighted by Gasteiger charge is 2.12. The fourth-order valence-corrected chi connectivity index (χ4v) is 1.92. The molecule has 0 aliphatic carbocycles. The lowest BCUT2D eigenvalue weighted by Crippen LogP contribution is -1.99. The molecule has 0 saturated heterocycles. The second-order valence-corrected chi connectivity index (χ2v) is 4.81. The van der Waals surface area contributed by atoms with E-state index in [1.54, 1.807) is 11.0 Å². The fourth-order valence-electron chi connectivity index (χ4n) is 1.74. The van der Waals surface area contributed by atoms with Gasteiger partial charge in [-0.1, -0.05) is 29.8 Å². The van der Waals surface area contributed by atoms with Gasteiger partial charge in [0.2, 0.25) is 5.88 Å². The summed E-state index contributed by atoms with van der Waals surface area (Å²) in [5, 5.41) is 12.4. The first kappa shape index (κ1) is 13.5. The van der Waals surface area contributed by atoms with E-state index in [1.165, 1.54) is 0 Å². The van der Waals surface area contributed by atoms with Crippen LogP contribution in [0.15, 0.2) is 36.7 Å². The van der Waals surface area contributed by atoms with Gasteiger partial charge in [-0.25, -0.2) is 4.68 Å². The Balaban J connectivity index is 1.87. The molecule has 7 heteroatoms. The normalized spacial score (nSPS) is 10.6. The first-order chi connectivity index (χ1) is 10.1. The third kappa shape index (κ3) is 2.71. The van der Waals surface area contributed by atoms with Crippen LogP contribution in [-0.2, 0) is 0 Å². The number of aromatic nitrogens is 5. The van der Waals surface area contributed by atoms with Gasteiger partial charge in [-0.3, -0.25) is 0 Å². The SMILES string of the molecule is Cc1c(Cl)nnc(Oc2ncn(-c3ccccc3)n2)c1C. The third-order valence-corrected chi connectivity index (χ3v) is 3.46. The second-order valence-electron chi connectivity index (χ2n) is 4.46. The third-order valence-electron chi connectivity index (χ3n) is 3.10. The highest BCUT2D eigenvalue weighted by Crippen LogP contribution is 2.25. The number of halogens is 1. The topological polar surface area (TPSA) is 65.7 Å². The summed E-state index contributed by atoms with van der Waals surface area (Å²) >= 11 is 5.91. The predicted molar refractivity (Wildman–Crippen MR) is 77.9 cm³/mol. The van der Waals surface area contributed by atoms with Crippen LogP contribution in [0.1, 0.15) is 11.1 Å². The lowest BCUT2D eigenvalue weighted by molar-refractivity contribution is 0.414. The molecule has 0 saturated carbocycles. The van der Waals surface area contributed by atoms with E-state index < -0.39 is 0 Å². The van der Waals surface area contributed by atoms with Gasteiger partial charge in [-0.15, -0.1) is 15.3 Å². The standard InChI is InChI=1S/C14H12ClN5O/c1-9-10(2)13(18-17-12(9)15)21-14-16-8-20(19-14)11-6-4-3-5-7-11/h3-8H,1-2H3. The zero-order valence-corrected chi connectivity index (χ0v) is 12.2. The Hall–Kier alpha value is -2.47. The van der Waals surface area contributed by atoms with Gasteiger partial charge >= 0.3 is 6.01 Å². The Bertz CT molecular complexity index is 772. The van der Waals surface area contributed by atoms with E-state index in [9.17, 15) is 0 Å². The molecule has 6 nitrogen and oxygen atoms in total. The molecule has 0 aliphatic rings. The summed E-state index contributed by atoms with van der Waals surface area (Å²) < 4.78 is 7.20. The molecule has 0 radical (unpaired) electrons. The molecular formula is C14H12ClN5O. The Labute approximate surface area is 126 Å². The minimum atomic E-state index is 0.206. The molecule has 0 unspecified atom stereocenters. The minimum absolute atomic E-state index is 0.206. The van der Waals surface area contributed by atoms with Crippen molar-refractivity contribution < 1.29 is 4.74 Å². The van der Waals surface area contributed by atoms with Crippen molar-refractivity contribution in [3.63, 3.8) is 0 Å². The predicted octanol–water partition coefficient (Wildman–Crippen LogP) is 3.12. The van der Waals surface area contributed by atoms with Gasteiger partial charge < -0.3 is 4.74 Å². The van der Waals surface area contributed by atoms with Gasteiger partial charge in [0.15, 0.2) is 5.15 Å². The molecule has 106 valence electrons. The largest absolute Gasteiger partial charge is 0.402 e. The Kier molecular flexibility index (Phi) is 3.53. The summed E-state index contributed by atoms with van der Waals surface area (Å²) in [7, 11) is 0. The van der Waals surface area contributed by atoms with Crippen molar-refractivity contribution in [3.8, 4) is 17.6 Å². The summed E-state index contributed by atoms with van der Waals surface area (Å²) in [6, 6.07) is 9.85. The number of hydrogen-bond donors (Lipinski definition) is 0. The van der Waals surface area contributed by atoms with Gasteiger partial charge in [-0.05, 0) is 31.5 Å². The zero-order chi connectivity index (χ0) is 14.8. The molecule has 21 heavy (non-hydrogen) atoms. The molecule has 2 aromatic heterocycles. The number of rotatable bonds is 3. The summed E-state index contributed by atoms with van der Waals surface area (Å²) in [4.78, 5) is 4.11. The van der Waals surface area contributed by atoms with E-state index in [-0.39, 0.29) is 6.01 Å². The average Bonchev–Trinajstić information content (AvgIpc) is 2.97. The first-order valence-corrected chi connectivity index (χ1v) is 6.67. The van der Waals surface area contributed by atoms with Crippen molar-refractivity contribution in [3.05, 3.63) is 52.9 Å². The van der Waals surface area contributed by atoms with Crippen molar-refractivity contribution in [1.29, 1.82) is 0 Å². The van der Waals surface area contributed by atoms with Crippen LogP contribution in [0.4, 0.5) is 0 Å². The van der Waals surface area contributed by atoms with Crippen molar-refractivity contribution in [2.24, 2.45) is 0 Å². The van der Waals surface area contributed by atoms with Crippen LogP contribution in [-0.4, -0.2) is 25.0 Å². The van der Waals surface area contributed by atoms with E-state index in [0.717, 1.165) is 16.8 Å². The minimum Gasteiger partial charge on any atom is -0.402 e. The lowest BCUT2D eigenvalue weighted by Gasteiger charge is -2.06. The van der Waals surface area contributed by atoms with Gasteiger partial charge in [0, 0.05) is 5.56 Å². The molecule has 3 rings (SSSR count). The molecular weight excluding hydrogens is 290 g/mol. The average molecular weight is 302 g/mol. The molecule has 0 aliphatic heterocycles. The second kappa shape index (κ2) is 5.49. The number of hydrogen-bond acceptors (Lipinski definition) is 5. The molecule has 2 heterocycles. The van der Waals surface area contributed by atoms with E-state index >= 15 is 0 Å². The number of ether oxygens (including phenoxy) is 1. The molecule has 1 aromatic carbocycles. The van der Waals surface area contributed by atoms with Crippen LogP contribution < -0.4 is 4.74 Å². The van der Waals surface area contributed by atoms with Gasteiger partial charge in [0.05, 0.1) is 5.69 Å². The number of nitrogens with zero attached hydrogens (tertiary/aromatic N) is 5. The Morgan fingerprint density at radius 2 is 1.81 bits per heavy atom. The summed E-state index contributed by atoms with van der Waals surface area (Å²) in [6.07, 6.45) is 1.58. The number of benzene rings is 1. The van der Waals surface area contributed by atoms with E-state index in [4.69, 9.17) is 16.3 Å². The molecule has 0 spiro atoms. The lowest BCUT2D eigenvalue weighted by atomic mass is 10.2. The van der Waals surface area contributed by atoms with Crippen LogP contribution in [0.5, 0.6) is 11.9 Å². The molecule has 0 amide bonds. The molecule has 0 N–H and O–H groups in total. The van der Waals surface area contributed by atoms with Gasteiger partial charge in [0.25, 0.3) is 0 Å². The van der Waals surface area contributed by atoms with Crippen molar-refractivity contribution in [1.82, 2.24) is 25.0 Å². The first-order valence-electron chi connectivity index (χ1n) is 6.29. The van der Waals surface area contributed by atoms with Gasteiger partial charge in [0.1, 0.15) is 6.33 Å². The van der Waals surface area contributed by atoms with E-state index in [2.05, 4.69) is 20.3 Å². The highest BCUT2D eigenvalue weighted by atomic mass is 35.5. The van der Waals surface area contributed by atoms with Crippen LogP contribution in [0.25, 0.3) is 5.69 Å². The Morgan fingerprint density at radius 1 is 1.05 bits per heavy atom. The molecule has 0 bridgehead atoms. The quantitative estimate of drug-likeness (QED) is 0.743. The zero-order valence-electron chi connectivity index (χ0n) is 11.5.